The van der Waals surface area contributed by atoms with Crippen molar-refractivity contribution in [1.82, 2.24) is 20.2 Å². The van der Waals surface area contributed by atoms with Gasteiger partial charge in [-0.2, -0.15) is 13.2 Å². The highest BCUT2D eigenvalue weighted by Gasteiger charge is 2.47. The van der Waals surface area contributed by atoms with Crippen molar-refractivity contribution in [2.45, 2.75) is 51.3 Å². The third-order valence-electron chi connectivity index (χ3n) is 6.21. The van der Waals surface area contributed by atoms with Gasteiger partial charge in [0, 0.05) is 25.4 Å². The molecule has 0 bridgehead atoms. The van der Waals surface area contributed by atoms with Crippen molar-refractivity contribution in [2.75, 3.05) is 13.1 Å². The summed E-state index contributed by atoms with van der Waals surface area (Å²) in [4.78, 5) is 27.8. The Morgan fingerprint density at radius 3 is 2.70 bits per heavy atom. The van der Waals surface area contributed by atoms with E-state index in [9.17, 15) is 26.7 Å². The average Bonchev–Trinajstić information content (AvgIpc) is 3.19. The van der Waals surface area contributed by atoms with Gasteiger partial charge in [-0.1, -0.05) is 19.1 Å². The molecule has 198 valence electrons. The molecule has 2 aliphatic heterocycles. The van der Waals surface area contributed by atoms with Gasteiger partial charge in [0.1, 0.15) is 11.5 Å². The van der Waals surface area contributed by atoms with Crippen LogP contribution in [0.2, 0.25) is 0 Å². The third kappa shape index (κ3) is 6.41. The number of halogens is 5. The highest BCUT2D eigenvalue weighted by atomic mass is 32.1. The highest BCUT2D eigenvalue weighted by molar-refractivity contribution is 7.15. The number of carbonyl (C=O) groups is 1. The first kappa shape index (κ1) is 26.9. The molecule has 1 unspecified atom stereocenters. The van der Waals surface area contributed by atoms with Crippen molar-refractivity contribution < 1.29 is 26.7 Å². The number of likely N-dealkylation sites (tertiary alicyclic amines) is 1. The molecule has 2 aromatic rings. The quantitative estimate of drug-likeness (QED) is 0.489. The molecule has 37 heavy (non-hydrogen) atoms. The molecule has 6 nitrogen and oxygen atoms in total. The molecule has 0 aromatic carbocycles. The summed E-state index contributed by atoms with van der Waals surface area (Å²) < 4.78 is 68.6. The van der Waals surface area contributed by atoms with Gasteiger partial charge in [0.05, 0.1) is 33.7 Å². The largest absolute Gasteiger partial charge is 0.417 e. The maximum atomic E-state index is 14.6. The summed E-state index contributed by atoms with van der Waals surface area (Å²) in [5.74, 6) is -4.13. The van der Waals surface area contributed by atoms with Crippen LogP contribution >= 0.6 is 11.3 Å². The van der Waals surface area contributed by atoms with Crippen LogP contribution in [-0.4, -0.2) is 58.2 Å². The van der Waals surface area contributed by atoms with Gasteiger partial charge in [0.25, 0.3) is 11.8 Å². The number of pyridine rings is 1. The first-order chi connectivity index (χ1) is 17.4. The molecular formula is C25H26F5N5OS. The SMILES string of the molecule is Cc1nc(C(=O)N2CC(F)(F)C[C@@H](C)C2CNC2=C/CC/C=C(C(F)(F)F)/C=N\2)c(-c2ccccn2)s1. The van der Waals surface area contributed by atoms with Crippen LogP contribution in [-0.2, 0) is 0 Å². The summed E-state index contributed by atoms with van der Waals surface area (Å²) in [5, 5.41) is 3.57. The molecule has 1 saturated heterocycles. The smallest absolute Gasteiger partial charge is 0.368 e. The Kier molecular flexibility index (Phi) is 7.77. The van der Waals surface area contributed by atoms with Crippen LogP contribution in [0, 0.1) is 12.8 Å². The number of piperidine rings is 1. The molecule has 2 aromatic heterocycles. The number of carbonyl (C=O) groups excluding carboxylic acids is 1. The number of nitrogens with one attached hydrogen (secondary N) is 1. The van der Waals surface area contributed by atoms with Crippen molar-refractivity contribution in [1.29, 1.82) is 0 Å². The fraction of sp³-hybridized carbons (Fsp3) is 0.440. The zero-order valence-corrected chi connectivity index (χ0v) is 21.0. The van der Waals surface area contributed by atoms with Crippen LogP contribution in [0.3, 0.4) is 0 Å². The van der Waals surface area contributed by atoms with E-state index in [1.54, 1.807) is 44.3 Å². The lowest BCUT2D eigenvalue weighted by molar-refractivity contribution is -0.0913. The van der Waals surface area contributed by atoms with Gasteiger partial charge < -0.3 is 10.2 Å². The number of hydrogen-bond acceptors (Lipinski definition) is 6. The topological polar surface area (TPSA) is 70.5 Å². The number of amides is 1. The van der Waals surface area contributed by atoms with Gasteiger partial charge in [-0.25, -0.2) is 18.8 Å². The molecule has 4 heterocycles. The molecule has 0 spiro atoms. The van der Waals surface area contributed by atoms with Crippen LogP contribution in [0.4, 0.5) is 22.0 Å². The number of aryl methyl sites for hydroxylation is 1. The lowest BCUT2D eigenvalue weighted by atomic mass is 9.88. The van der Waals surface area contributed by atoms with Crippen molar-refractivity contribution in [2.24, 2.45) is 10.9 Å². The number of rotatable bonds is 5. The van der Waals surface area contributed by atoms with Gasteiger partial charge in [-0.3, -0.25) is 9.78 Å². The molecule has 4 rings (SSSR count). The first-order valence-electron chi connectivity index (χ1n) is 11.8. The molecule has 2 atom stereocenters. The van der Waals surface area contributed by atoms with Crippen molar-refractivity contribution in [3.05, 3.63) is 58.6 Å². The number of hydrogen-bond donors (Lipinski definition) is 1. The van der Waals surface area contributed by atoms with Gasteiger partial charge in [-0.05, 0) is 43.9 Å². The van der Waals surface area contributed by atoms with Crippen LogP contribution < -0.4 is 5.32 Å². The van der Waals surface area contributed by atoms with E-state index >= 15 is 0 Å². The molecule has 0 aliphatic carbocycles. The van der Waals surface area contributed by atoms with E-state index in [0.717, 1.165) is 17.2 Å². The number of aliphatic imine (C=N–C) groups is 1. The Labute approximate surface area is 215 Å². The maximum absolute atomic E-state index is 14.6. The van der Waals surface area contributed by atoms with E-state index in [0.29, 0.717) is 22.0 Å². The minimum atomic E-state index is -4.52. The Hall–Kier alpha value is -3.15. The van der Waals surface area contributed by atoms with Crippen LogP contribution in [0.1, 0.15) is 41.7 Å². The lowest BCUT2D eigenvalue weighted by Gasteiger charge is -2.43. The molecular weight excluding hydrogens is 513 g/mol. The lowest BCUT2D eigenvalue weighted by Crippen LogP contribution is -2.58. The van der Waals surface area contributed by atoms with Crippen LogP contribution in [0.25, 0.3) is 10.6 Å². The van der Waals surface area contributed by atoms with E-state index in [4.69, 9.17) is 0 Å². The van der Waals surface area contributed by atoms with E-state index in [-0.39, 0.29) is 24.5 Å². The van der Waals surface area contributed by atoms with Crippen LogP contribution in [0.5, 0.6) is 0 Å². The predicted molar refractivity (Wildman–Crippen MR) is 132 cm³/mol. The summed E-state index contributed by atoms with van der Waals surface area (Å²) >= 11 is 1.25. The Morgan fingerprint density at radius 2 is 2.00 bits per heavy atom. The Balaban J connectivity index is 1.59. The molecule has 2 aliphatic rings. The molecule has 0 saturated carbocycles. The van der Waals surface area contributed by atoms with E-state index in [1.165, 1.54) is 11.3 Å². The predicted octanol–water partition coefficient (Wildman–Crippen LogP) is 5.78. The highest BCUT2D eigenvalue weighted by Crippen LogP contribution is 2.37. The zero-order chi connectivity index (χ0) is 26.8. The second kappa shape index (κ2) is 10.7. The number of nitrogens with zero attached hydrogens (tertiary/aromatic N) is 4. The third-order valence-corrected chi connectivity index (χ3v) is 7.20. The minimum Gasteiger partial charge on any atom is -0.368 e. The van der Waals surface area contributed by atoms with Gasteiger partial charge >= 0.3 is 6.18 Å². The van der Waals surface area contributed by atoms with Gasteiger partial charge in [-0.15, -0.1) is 11.3 Å². The maximum Gasteiger partial charge on any atom is 0.417 e. The van der Waals surface area contributed by atoms with E-state index in [1.807, 2.05) is 0 Å². The monoisotopic (exact) mass is 539 g/mol. The van der Waals surface area contributed by atoms with E-state index < -0.39 is 48.5 Å². The summed E-state index contributed by atoms with van der Waals surface area (Å²) in [6.45, 7) is 2.61. The Bertz CT molecular complexity index is 1220. The second-order valence-corrected chi connectivity index (χ2v) is 10.3. The fourth-order valence-electron chi connectivity index (χ4n) is 4.48. The zero-order valence-electron chi connectivity index (χ0n) is 20.2. The molecule has 12 heteroatoms. The summed E-state index contributed by atoms with van der Waals surface area (Å²) in [6, 6.07) is 4.55. The number of allylic oxidation sites excluding steroid dienone is 3. The summed E-state index contributed by atoms with van der Waals surface area (Å²) in [5.41, 5.74) is -0.270. The fourth-order valence-corrected chi connectivity index (χ4v) is 5.36. The van der Waals surface area contributed by atoms with Crippen molar-refractivity contribution in [3.8, 4) is 10.6 Å². The summed E-state index contributed by atoms with van der Waals surface area (Å²) in [7, 11) is 0. The van der Waals surface area contributed by atoms with Gasteiger partial charge in [0.2, 0.25) is 0 Å². The van der Waals surface area contributed by atoms with Gasteiger partial charge in [0.15, 0.2) is 0 Å². The van der Waals surface area contributed by atoms with Crippen molar-refractivity contribution in [3.63, 3.8) is 0 Å². The first-order valence-corrected chi connectivity index (χ1v) is 12.6. The Morgan fingerprint density at radius 1 is 1.24 bits per heavy atom. The molecule has 1 amide bonds. The summed E-state index contributed by atoms with van der Waals surface area (Å²) in [6.07, 6.45) is 0.621. The minimum absolute atomic E-state index is 0.0409. The normalized spacial score (nSPS) is 25.8. The molecule has 1 fully saturated rings. The number of alkyl halides is 5. The number of aromatic nitrogens is 2. The van der Waals surface area contributed by atoms with E-state index in [2.05, 4.69) is 20.3 Å². The van der Waals surface area contributed by atoms with Crippen molar-refractivity contribution >= 4 is 23.5 Å². The average molecular weight is 540 g/mol. The molecule has 1 N–H and O–H groups in total. The van der Waals surface area contributed by atoms with Crippen LogP contribution in [0.15, 0.2) is 52.9 Å². The number of thiazole rings is 1. The standard InChI is InChI=1S/C25H26F5N5OS/c1-15-11-24(26,27)14-35(23(36)21-22(37-16(2)34-21)18-8-5-6-10-31-18)19(15)13-33-20-9-4-3-7-17(12-32-20)25(28,29)30/h5-10,12,15,19,33H,3-4,11,13-14H2,1-2H3/b17-7-,20-9+,32-12-/t15-,19?/m1/s1. The second-order valence-electron chi connectivity index (χ2n) is 9.13. The molecule has 0 radical (unpaired) electrons.